The van der Waals surface area contributed by atoms with Crippen LogP contribution in [0.15, 0.2) is 96.0 Å². The normalized spacial score (nSPS) is 18.4. The summed E-state index contributed by atoms with van der Waals surface area (Å²) < 4.78 is 3.19. The third kappa shape index (κ3) is 3.40. The van der Waals surface area contributed by atoms with Gasteiger partial charge >= 0.3 is 0 Å². The molecule has 1 aliphatic rings. The van der Waals surface area contributed by atoms with Crippen molar-refractivity contribution in [3.63, 3.8) is 0 Å². The second kappa shape index (κ2) is 8.01. The molecule has 0 saturated carbocycles. The van der Waals surface area contributed by atoms with Gasteiger partial charge in [0, 0.05) is 34.4 Å². The number of hydrogen-bond acceptors (Lipinski definition) is 3. The van der Waals surface area contributed by atoms with Gasteiger partial charge in [-0.1, -0.05) is 22.0 Å². The fourth-order valence-corrected chi connectivity index (χ4v) is 4.51. The molecule has 5 rings (SSSR count). The van der Waals surface area contributed by atoms with Crippen molar-refractivity contribution >= 4 is 38.9 Å². The summed E-state index contributed by atoms with van der Waals surface area (Å²) in [5.74, 6) is 0. The zero-order valence-corrected chi connectivity index (χ0v) is 18.3. The SMILES string of the molecule is S=C1N[C@@H](c2ccccn2)[C@H](c2cccn2-c2cccnc2)N1c1ccc(Br)cc1. The van der Waals surface area contributed by atoms with Crippen LogP contribution < -0.4 is 10.2 Å². The lowest BCUT2D eigenvalue weighted by atomic mass is 10.0. The Morgan fingerprint density at radius 1 is 0.900 bits per heavy atom. The van der Waals surface area contributed by atoms with Crippen LogP contribution >= 0.6 is 28.1 Å². The average Bonchev–Trinajstić information content (AvgIpc) is 3.40. The van der Waals surface area contributed by atoms with E-state index >= 15 is 0 Å². The summed E-state index contributed by atoms with van der Waals surface area (Å²) in [4.78, 5) is 11.1. The summed E-state index contributed by atoms with van der Waals surface area (Å²) in [7, 11) is 0. The zero-order chi connectivity index (χ0) is 20.5. The molecular formula is C23H18BrN5S. The van der Waals surface area contributed by atoms with Crippen LogP contribution in [0, 0.1) is 0 Å². The van der Waals surface area contributed by atoms with Crippen molar-refractivity contribution in [3.8, 4) is 5.69 Å². The van der Waals surface area contributed by atoms with Gasteiger partial charge in [-0.2, -0.15) is 0 Å². The molecule has 1 aromatic carbocycles. The number of pyridine rings is 2. The van der Waals surface area contributed by atoms with Crippen LogP contribution in [-0.2, 0) is 0 Å². The molecule has 0 aliphatic carbocycles. The summed E-state index contributed by atoms with van der Waals surface area (Å²) in [6.45, 7) is 0. The minimum absolute atomic E-state index is 0.0798. The molecule has 30 heavy (non-hydrogen) atoms. The molecule has 0 radical (unpaired) electrons. The van der Waals surface area contributed by atoms with Crippen molar-refractivity contribution in [1.29, 1.82) is 0 Å². The van der Waals surface area contributed by atoms with E-state index in [2.05, 4.69) is 77.2 Å². The first-order valence-electron chi connectivity index (χ1n) is 9.56. The van der Waals surface area contributed by atoms with Gasteiger partial charge in [-0.05, 0) is 72.9 Å². The highest BCUT2D eigenvalue weighted by Crippen LogP contribution is 2.42. The number of nitrogens with zero attached hydrogens (tertiary/aromatic N) is 4. The Morgan fingerprint density at radius 2 is 1.77 bits per heavy atom. The van der Waals surface area contributed by atoms with Crippen LogP contribution in [0.3, 0.4) is 0 Å². The summed E-state index contributed by atoms with van der Waals surface area (Å²) in [6, 6.07) is 22.2. The topological polar surface area (TPSA) is 46.0 Å². The molecule has 0 unspecified atom stereocenters. The summed E-state index contributed by atoms with van der Waals surface area (Å²) in [6.07, 6.45) is 7.52. The van der Waals surface area contributed by atoms with Crippen molar-refractivity contribution < 1.29 is 0 Å². The number of halogens is 1. The fraction of sp³-hybridized carbons (Fsp3) is 0.0870. The summed E-state index contributed by atoms with van der Waals surface area (Å²) in [5.41, 5.74) is 4.08. The Balaban J connectivity index is 1.67. The first-order chi connectivity index (χ1) is 14.7. The van der Waals surface area contributed by atoms with E-state index in [1.54, 1.807) is 6.20 Å². The minimum Gasteiger partial charge on any atom is -0.351 e. The smallest absolute Gasteiger partial charge is 0.174 e. The third-order valence-electron chi connectivity index (χ3n) is 5.21. The van der Waals surface area contributed by atoms with E-state index in [0.717, 1.165) is 27.2 Å². The van der Waals surface area contributed by atoms with Crippen molar-refractivity contribution in [2.45, 2.75) is 12.1 Å². The highest BCUT2D eigenvalue weighted by Gasteiger charge is 2.42. The van der Waals surface area contributed by atoms with E-state index < -0.39 is 0 Å². The summed E-state index contributed by atoms with van der Waals surface area (Å²) >= 11 is 9.32. The Morgan fingerprint density at radius 3 is 2.50 bits per heavy atom. The number of rotatable bonds is 4. The van der Waals surface area contributed by atoms with E-state index in [0.29, 0.717) is 5.11 Å². The van der Waals surface area contributed by atoms with Crippen molar-refractivity contribution in [3.05, 3.63) is 107 Å². The van der Waals surface area contributed by atoms with Crippen LogP contribution in [0.2, 0.25) is 0 Å². The largest absolute Gasteiger partial charge is 0.351 e. The van der Waals surface area contributed by atoms with Gasteiger partial charge in [0.15, 0.2) is 5.11 Å². The van der Waals surface area contributed by atoms with E-state index in [4.69, 9.17) is 12.2 Å². The van der Waals surface area contributed by atoms with Gasteiger partial charge in [0.1, 0.15) is 6.04 Å². The van der Waals surface area contributed by atoms with Gasteiger partial charge in [0.2, 0.25) is 0 Å². The van der Waals surface area contributed by atoms with Crippen LogP contribution in [-0.4, -0.2) is 19.6 Å². The number of benzene rings is 1. The quantitative estimate of drug-likeness (QED) is 0.410. The zero-order valence-electron chi connectivity index (χ0n) is 15.9. The average molecular weight is 476 g/mol. The molecule has 1 aliphatic heterocycles. The van der Waals surface area contributed by atoms with Gasteiger partial charge < -0.3 is 14.8 Å². The maximum absolute atomic E-state index is 5.80. The molecule has 7 heteroatoms. The molecular weight excluding hydrogens is 458 g/mol. The maximum Gasteiger partial charge on any atom is 0.174 e. The number of hydrogen-bond donors (Lipinski definition) is 1. The molecule has 4 aromatic rings. The van der Waals surface area contributed by atoms with Crippen LogP contribution in [0.1, 0.15) is 23.5 Å². The molecule has 1 saturated heterocycles. The van der Waals surface area contributed by atoms with Crippen molar-refractivity contribution in [2.75, 3.05) is 4.90 Å². The van der Waals surface area contributed by atoms with Gasteiger partial charge in [0.25, 0.3) is 0 Å². The number of nitrogens with one attached hydrogen (secondary N) is 1. The van der Waals surface area contributed by atoms with Gasteiger partial charge in [0.05, 0.1) is 23.6 Å². The molecule has 0 bridgehead atoms. The lowest BCUT2D eigenvalue weighted by Crippen LogP contribution is -2.30. The van der Waals surface area contributed by atoms with Crippen LogP contribution in [0.5, 0.6) is 0 Å². The number of thiocarbonyl (C=S) groups is 1. The highest BCUT2D eigenvalue weighted by atomic mass is 79.9. The lowest BCUT2D eigenvalue weighted by Gasteiger charge is -2.29. The molecule has 1 N–H and O–H groups in total. The Kier molecular flexibility index (Phi) is 5.06. The molecule has 0 amide bonds. The maximum atomic E-state index is 5.80. The Labute approximate surface area is 188 Å². The second-order valence-electron chi connectivity index (χ2n) is 6.99. The first kappa shape index (κ1) is 19.0. The fourth-order valence-electron chi connectivity index (χ4n) is 3.90. The second-order valence-corrected chi connectivity index (χ2v) is 8.29. The third-order valence-corrected chi connectivity index (χ3v) is 6.05. The van der Waals surface area contributed by atoms with E-state index in [1.165, 1.54) is 0 Å². The molecule has 1 fully saturated rings. The summed E-state index contributed by atoms with van der Waals surface area (Å²) in [5, 5.41) is 4.18. The van der Waals surface area contributed by atoms with E-state index in [1.807, 2.05) is 48.8 Å². The predicted molar refractivity (Wildman–Crippen MR) is 126 cm³/mol. The molecule has 5 nitrogen and oxygen atoms in total. The number of aromatic nitrogens is 3. The Hall–Kier alpha value is -3.03. The van der Waals surface area contributed by atoms with Gasteiger partial charge in [-0.25, -0.2) is 0 Å². The van der Waals surface area contributed by atoms with Gasteiger partial charge in [-0.15, -0.1) is 0 Å². The molecule has 2 atom stereocenters. The standard InChI is InChI=1S/C23H18BrN5S/c24-16-8-10-17(11-9-16)29-22(21(27-23(29)30)19-6-1-2-13-26-19)20-7-4-14-28(20)18-5-3-12-25-15-18/h1-15,21-22H,(H,27,30)/t21-,22-/m0/s1. The van der Waals surface area contributed by atoms with Crippen molar-refractivity contribution in [1.82, 2.24) is 19.9 Å². The van der Waals surface area contributed by atoms with E-state index in [9.17, 15) is 0 Å². The van der Waals surface area contributed by atoms with Crippen molar-refractivity contribution in [2.24, 2.45) is 0 Å². The van der Waals surface area contributed by atoms with Gasteiger partial charge in [-0.3, -0.25) is 9.97 Å². The lowest BCUT2D eigenvalue weighted by molar-refractivity contribution is 0.549. The Bertz CT molecular complexity index is 1160. The molecule has 4 heterocycles. The predicted octanol–water partition coefficient (Wildman–Crippen LogP) is 5.21. The van der Waals surface area contributed by atoms with Crippen LogP contribution in [0.25, 0.3) is 5.69 Å². The molecule has 148 valence electrons. The van der Waals surface area contributed by atoms with Crippen LogP contribution in [0.4, 0.5) is 5.69 Å². The monoisotopic (exact) mass is 475 g/mol. The molecule has 3 aromatic heterocycles. The number of anilines is 1. The van der Waals surface area contributed by atoms with E-state index in [-0.39, 0.29) is 12.1 Å². The first-order valence-corrected chi connectivity index (χ1v) is 10.8. The highest BCUT2D eigenvalue weighted by molar-refractivity contribution is 9.10. The minimum atomic E-state index is -0.0901. The molecule has 0 spiro atoms.